The van der Waals surface area contributed by atoms with Crippen LogP contribution in [-0.4, -0.2) is 37.4 Å². The molecule has 2 heterocycles. The van der Waals surface area contributed by atoms with Crippen LogP contribution in [0.3, 0.4) is 0 Å². The SMILES string of the molecule is CSc1ccc(C[NH+]2CC[NH+](Cc3cccnc3)CC2)cc1. The van der Waals surface area contributed by atoms with Crippen molar-refractivity contribution in [2.75, 3.05) is 32.4 Å². The highest BCUT2D eigenvalue weighted by molar-refractivity contribution is 7.98. The van der Waals surface area contributed by atoms with Crippen molar-refractivity contribution in [1.29, 1.82) is 0 Å². The van der Waals surface area contributed by atoms with E-state index < -0.39 is 0 Å². The maximum atomic E-state index is 4.21. The Morgan fingerprint density at radius 3 is 2.09 bits per heavy atom. The number of hydrogen-bond acceptors (Lipinski definition) is 2. The van der Waals surface area contributed by atoms with E-state index in [2.05, 4.69) is 41.6 Å². The summed E-state index contributed by atoms with van der Waals surface area (Å²) >= 11 is 1.81. The van der Waals surface area contributed by atoms with E-state index in [4.69, 9.17) is 0 Å². The number of nitrogens with zero attached hydrogens (tertiary/aromatic N) is 1. The summed E-state index contributed by atoms with van der Waals surface area (Å²) in [7, 11) is 0. The van der Waals surface area contributed by atoms with Crippen LogP contribution in [0, 0.1) is 0 Å². The molecule has 4 heteroatoms. The third kappa shape index (κ3) is 4.32. The second-order valence-electron chi connectivity index (χ2n) is 6.06. The van der Waals surface area contributed by atoms with Crippen molar-refractivity contribution in [3.63, 3.8) is 0 Å². The normalized spacial score (nSPS) is 21.7. The van der Waals surface area contributed by atoms with Gasteiger partial charge in [-0.3, -0.25) is 4.98 Å². The van der Waals surface area contributed by atoms with Crippen LogP contribution in [0.4, 0.5) is 0 Å². The monoisotopic (exact) mass is 315 g/mol. The van der Waals surface area contributed by atoms with E-state index in [1.54, 1.807) is 9.80 Å². The van der Waals surface area contributed by atoms with E-state index in [-0.39, 0.29) is 0 Å². The van der Waals surface area contributed by atoms with Crippen molar-refractivity contribution in [3.8, 4) is 0 Å². The molecule has 0 amide bonds. The van der Waals surface area contributed by atoms with Crippen molar-refractivity contribution < 1.29 is 9.80 Å². The summed E-state index contributed by atoms with van der Waals surface area (Å²) in [5.41, 5.74) is 2.82. The van der Waals surface area contributed by atoms with Crippen molar-refractivity contribution in [2.24, 2.45) is 0 Å². The summed E-state index contributed by atoms with van der Waals surface area (Å²) < 4.78 is 0. The Hall–Kier alpha value is -1.36. The molecule has 1 aromatic heterocycles. The molecule has 0 atom stereocenters. The second kappa shape index (κ2) is 7.77. The van der Waals surface area contributed by atoms with Gasteiger partial charge >= 0.3 is 0 Å². The molecule has 3 nitrogen and oxygen atoms in total. The molecule has 1 aliphatic rings. The maximum absolute atomic E-state index is 4.21. The molecule has 116 valence electrons. The number of piperazine rings is 1. The van der Waals surface area contributed by atoms with E-state index in [0.717, 1.165) is 13.1 Å². The molecule has 1 aliphatic heterocycles. The number of quaternary nitrogens is 2. The van der Waals surface area contributed by atoms with Crippen LogP contribution in [0.25, 0.3) is 0 Å². The predicted molar refractivity (Wildman–Crippen MR) is 91.3 cm³/mol. The molecule has 2 N–H and O–H groups in total. The van der Waals surface area contributed by atoms with Gasteiger partial charge in [0.1, 0.15) is 39.3 Å². The first kappa shape index (κ1) is 15.5. The Bertz CT molecular complexity index is 563. The molecule has 0 bridgehead atoms. The first-order valence-electron chi connectivity index (χ1n) is 8.02. The number of benzene rings is 1. The Kier molecular flexibility index (Phi) is 5.48. The van der Waals surface area contributed by atoms with Gasteiger partial charge in [0.15, 0.2) is 0 Å². The minimum Gasteiger partial charge on any atom is -0.322 e. The topological polar surface area (TPSA) is 21.8 Å². The zero-order valence-electron chi connectivity index (χ0n) is 13.2. The van der Waals surface area contributed by atoms with Crippen LogP contribution < -0.4 is 9.80 Å². The quantitative estimate of drug-likeness (QED) is 0.774. The van der Waals surface area contributed by atoms with E-state index in [9.17, 15) is 0 Å². The zero-order chi connectivity index (χ0) is 15.2. The summed E-state index contributed by atoms with van der Waals surface area (Å²) in [5, 5.41) is 0. The van der Waals surface area contributed by atoms with Gasteiger partial charge in [0.2, 0.25) is 0 Å². The minimum atomic E-state index is 1.11. The lowest BCUT2D eigenvalue weighted by Gasteiger charge is -2.29. The molecule has 22 heavy (non-hydrogen) atoms. The fourth-order valence-corrected chi connectivity index (χ4v) is 3.54. The highest BCUT2D eigenvalue weighted by Crippen LogP contribution is 2.14. The van der Waals surface area contributed by atoms with Crippen LogP contribution >= 0.6 is 11.8 Å². The van der Waals surface area contributed by atoms with Crippen molar-refractivity contribution >= 4 is 11.8 Å². The fourth-order valence-electron chi connectivity index (χ4n) is 3.13. The molecular weight excluding hydrogens is 290 g/mol. The number of rotatable bonds is 5. The average molecular weight is 315 g/mol. The highest BCUT2D eigenvalue weighted by Gasteiger charge is 2.23. The summed E-state index contributed by atoms with van der Waals surface area (Å²) in [5.74, 6) is 0. The summed E-state index contributed by atoms with van der Waals surface area (Å²) in [4.78, 5) is 8.97. The van der Waals surface area contributed by atoms with Crippen LogP contribution in [0.15, 0.2) is 53.7 Å². The number of pyridine rings is 1. The largest absolute Gasteiger partial charge is 0.322 e. The van der Waals surface area contributed by atoms with Crippen LogP contribution in [0.5, 0.6) is 0 Å². The number of thioether (sulfide) groups is 1. The molecule has 2 aromatic rings. The Balaban J connectivity index is 1.47. The molecule has 3 rings (SSSR count). The minimum absolute atomic E-state index is 1.11. The standard InChI is InChI=1S/C18H23N3S/c1-22-18-6-4-16(5-7-18)14-20-9-11-21(12-10-20)15-17-3-2-8-19-13-17/h2-8,13H,9-12,14-15H2,1H3/p+2. The molecule has 0 saturated carbocycles. The average Bonchev–Trinajstić information content (AvgIpc) is 2.58. The van der Waals surface area contributed by atoms with Gasteiger partial charge in [-0.2, -0.15) is 0 Å². The lowest BCUT2D eigenvalue weighted by Crippen LogP contribution is -3.27. The molecular formula is C18H25N3S+2. The van der Waals surface area contributed by atoms with E-state index in [0.29, 0.717) is 0 Å². The Labute approximate surface area is 137 Å². The van der Waals surface area contributed by atoms with Crippen LogP contribution in [0.1, 0.15) is 11.1 Å². The molecule has 1 fully saturated rings. The molecule has 0 spiro atoms. The first-order valence-corrected chi connectivity index (χ1v) is 9.25. The third-order valence-corrected chi connectivity index (χ3v) is 5.20. The first-order chi connectivity index (χ1) is 10.8. The van der Waals surface area contributed by atoms with Gasteiger partial charge in [0, 0.05) is 28.4 Å². The van der Waals surface area contributed by atoms with Crippen molar-refractivity contribution in [3.05, 3.63) is 59.9 Å². The summed E-state index contributed by atoms with van der Waals surface area (Å²) in [6.45, 7) is 7.32. The van der Waals surface area contributed by atoms with Gasteiger partial charge in [0.05, 0.1) is 0 Å². The van der Waals surface area contributed by atoms with E-state index >= 15 is 0 Å². The van der Waals surface area contributed by atoms with Crippen molar-refractivity contribution in [2.45, 2.75) is 18.0 Å². The van der Waals surface area contributed by atoms with Crippen LogP contribution in [0.2, 0.25) is 0 Å². The molecule has 1 saturated heterocycles. The summed E-state index contributed by atoms with van der Waals surface area (Å²) in [6.07, 6.45) is 5.98. The van der Waals surface area contributed by atoms with Gasteiger partial charge < -0.3 is 9.80 Å². The smallest absolute Gasteiger partial charge is 0.127 e. The van der Waals surface area contributed by atoms with E-state index in [1.807, 2.05) is 30.2 Å². The number of nitrogens with one attached hydrogen (secondary N) is 2. The lowest BCUT2D eigenvalue weighted by molar-refractivity contribution is -1.02. The van der Waals surface area contributed by atoms with Gasteiger partial charge in [-0.15, -0.1) is 11.8 Å². The van der Waals surface area contributed by atoms with Gasteiger partial charge in [0.25, 0.3) is 0 Å². The van der Waals surface area contributed by atoms with Gasteiger partial charge in [-0.1, -0.05) is 18.2 Å². The summed E-state index contributed by atoms with van der Waals surface area (Å²) in [6, 6.07) is 13.3. The number of hydrogen-bond donors (Lipinski definition) is 2. The lowest BCUT2D eigenvalue weighted by atomic mass is 10.2. The highest BCUT2D eigenvalue weighted by atomic mass is 32.2. The molecule has 0 aliphatic carbocycles. The van der Waals surface area contributed by atoms with Crippen LogP contribution in [-0.2, 0) is 13.1 Å². The van der Waals surface area contributed by atoms with Gasteiger partial charge in [-0.25, -0.2) is 0 Å². The Morgan fingerprint density at radius 2 is 1.55 bits per heavy atom. The molecule has 0 unspecified atom stereocenters. The van der Waals surface area contributed by atoms with E-state index in [1.165, 1.54) is 42.2 Å². The predicted octanol–water partition coefficient (Wildman–Crippen LogP) is 0.287. The van der Waals surface area contributed by atoms with Gasteiger partial charge in [-0.05, 0) is 24.5 Å². The second-order valence-corrected chi connectivity index (χ2v) is 6.94. The molecule has 0 radical (unpaired) electrons. The maximum Gasteiger partial charge on any atom is 0.127 e. The fraction of sp³-hybridized carbons (Fsp3) is 0.389. The third-order valence-electron chi connectivity index (χ3n) is 4.45. The van der Waals surface area contributed by atoms with Crippen molar-refractivity contribution in [1.82, 2.24) is 4.98 Å². The zero-order valence-corrected chi connectivity index (χ0v) is 14.0. The Morgan fingerprint density at radius 1 is 0.909 bits per heavy atom. The molecule has 1 aromatic carbocycles. The number of aromatic nitrogens is 1.